The second kappa shape index (κ2) is 5.81. The van der Waals surface area contributed by atoms with E-state index < -0.39 is 24.7 Å². The molecular weight excluding hydrogens is 325 g/mol. The van der Waals surface area contributed by atoms with Crippen LogP contribution in [-0.2, 0) is 0 Å². The van der Waals surface area contributed by atoms with Crippen molar-refractivity contribution >= 4 is 27.5 Å². The van der Waals surface area contributed by atoms with Gasteiger partial charge in [-0.3, -0.25) is 4.79 Å². The Morgan fingerprint density at radius 2 is 2.00 bits per heavy atom. The predicted octanol–water partition coefficient (Wildman–Crippen LogP) is 3.44. The number of hydrogen-bond donors (Lipinski definition) is 1. The van der Waals surface area contributed by atoms with Crippen LogP contribution < -0.4 is 5.73 Å². The van der Waals surface area contributed by atoms with E-state index in [1.54, 1.807) is 0 Å². The number of alkyl halides is 3. The highest BCUT2D eigenvalue weighted by Gasteiger charge is 2.34. The van der Waals surface area contributed by atoms with E-state index in [0.29, 0.717) is 10.2 Å². The van der Waals surface area contributed by atoms with Crippen molar-refractivity contribution in [3.63, 3.8) is 0 Å². The van der Waals surface area contributed by atoms with Crippen molar-refractivity contribution in [2.45, 2.75) is 26.1 Å². The number of hydrogen-bond acceptors (Lipinski definition) is 2. The highest BCUT2D eigenvalue weighted by atomic mass is 79.9. The summed E-state index contributed by atoms with van der Waals surface area (Å²) in [6, 6.07) is 3.76. The zero-order valence-corrected chi connectivity index (χ0v) is 12.0. The Morgan fingerprint density at radius 1 is 1.42 bits per heavy atom. The Hall–Kier alpha value is -1.24. The Morgan fingerprint density at radius 3 is 2.42 bits per heavy atom. The van der Waals surface area contributed by atoms with Crippen LogP contribution in [0, 0.1) is 0 Å². The first kappa shape index (κ1) is 15.8. The molecule has 0 atom stereocenters. The average molecular weight is 339 g/mol. The molecule has 0 unspecified atom stereocenters. The largest absolute Gasteiger partial charge is 0.406 e. The lowest BCUT2D eigenvalue weighted by Crippen LogP contribution is -2.43. The SMILES string of the molecule is CC(C)N(CC(F)(F)F)C(=O)c1ccc(N)c(Br)c1. The van der Waals surface area contributed by atoms with E-state index in [0.717, 1.165) is 4.90 Å². The molecule has 0 aliphatic heterocycles. The highest BCUT2D eigenvalue weighted by Crippen LogP contribution is 2.24. The van der Waals surface area contributed by atoms with E-state index in [1.165, 1.54) is 32.0 Å². The van der Waals surface area contributed by atoms with Gasteiger partial charge in [0.1, 0.15) is 6.54 Å². The number of halogens is 4. The van der Waals surface area contributed by atoms with Crippen molar-refractivity contribution in [3.8, 4) is 0 Å². The van der Waals surface area contributed by atoms with Crippen LogP contribution in [0.2, 0.25) is 0 Å². The van der Waals surface area contributed by atoms with Gasteiger partial charge in [-0.1, -0.05) is 0 Å². The molecule has 0 saturated carbocycles. The Kier molecular flexibility index (Phi) is 4.84. The van der Waals surface area contributed by atoms with Crippen LogP contribution in [0.4, 0.5) is 18.9 Å². The summed E-state index contributed by atoms with van der Waals surface area (Å²) < 4.78 is 37.9. The summed E-state index contributed by atoms with van der Waals surface area (Å²) in [5.74, 6) is -0.673. The van der Waals surface area contributed by atoms with Gasteiger partial charge in [0, 0.05) is 21.8 Å². The van der Waals surface area contributed by atoms with Crippen LogP contribution in [-0.4, -0.2) is 29.6 Å². The highest BCUT2D eigenvalue weighted by molar-refractivity contribution is 9.10. The molecule has 0 heterocycles. The lowest BCUT2D eigenvalue weighted by molar-refractivity contribution is -0.143. The molecule has 0 aliphatic carbocycles. The van der Waals surface area contributed by atoms with Gasteiger partial charge in [-0.2, -0.15) is 13.2 Å². The van der Waals surface area contributed by atoms with E-state index >= 15 is 0 Å². The third kappa shape index (κ3) is 4.41. The van der Waals surface area contributed by atoms with Gasteiger partial charge in [-0.25, -0.2) is 0 Å². The zero-order chi connectivity index (χ0) is 14.8. The molecule has 0 fully saturated rings. The lowest BCUT2D eigenvalue weighted by Gasteiger charge is -2.27. The van der Waals surface area contributed by atoms with Gasteiger partial charge < -0.3 is 10.6 Å². The summed E-state index contributed by atoms with van der Waals surface area (Å²) in [5.41, 5.74) is 6.16. The number of carbonyl (C=O) groups excluding carboxylic acids is 1. The number of nitrogens with two attached hydrogens (primary N) is 1. The molecule has 1 amide bonds. The van der Waals surface area contributed by atoms with Crippen LogP contribution in [0.5, 0.6) is 0 Å². The molecule has 0 radical (unpaired) electrons. The maximum absolute atomic E-state index is 12.5. The molecule has 1 rings (SSSR count). The predicted molar refractivity (Wildman–Crippen MR) is 70.8 cm³/mol. The lowest BCUT2D eigenvalue weighted by atomic mass is 10.1. The molecule has 3 nitrogen and oxygen atoms in total. The van der Waals surface area contributed by atoms with Crippen molar-refractivity contribution in [1.29, 1.82) is 0 Å². The van der Waals surface area contributed by atoms with Crippen LogP contribution in [0.3, 0.4) is 0 Å². The molecule has 1 aromatic rings. The Bertz CT molecular complexity index is 475. The molecule has 0 aliphatic rings. The molecule has 0 spiro atoms. The minimum absolute atomic E-state index is 0.166. The molecule has 0 bridgehead atoms. The summed E-state index contributed by atoms with van der Waals surface area (Å²) in [4.78, 5) is 12.9. The maximum atomic E-state index is 12.5. The number of amides is 1. The van der Waals surface area contributed by atoms with E-state index in [2.05, 4.69) is 15.9 Å². The zero-order valence-electron chi connectivity index (χ0n) is 10.5. The van der Waals surface area contributed by atoms with Gasteiger partial charge in [-0.15, -0.1) is 0 Å². The van der Waals surface area contributed by atoms with Crippen LogP contribution in [0.15, 0.2) is 22.7 Å². The maximum Gasteiger partial charge on any atom is 0.406 e. The summed E-state index contributed by atoms with van der Waals surface area (Å²) in [7, 11) is 0. The standard InChI is InChI=1S/C12H14BrF3N2O/c1-7(2)18(6-12(14,15)16)11(19)8-3-4-10(17)9(13)5-8/h3-5,7H,6,17H2,1-2H3. The number of nitrogens with zero attached hydrogens (tertiary/aromatic N) is 1. The van der Waals surface area contributed by atoms with Crippen LogP contribution in [0.1, 0.15) is 24.2 Å². The third-order valence-corrected chi connectivity index (χ3v) is 3.17. The minimum Gasteiger partial charge on any atom is -0.398 e. The molecule has 106 valence electrons. The van der Waals surface area contributed by atoms with Crippen molar-refractivity contribution in [3.05, 3.63) is 28.2 Å². The topological polar surface area (TPSA) is 46.3 Å². The monoisotopic (exact) mass is 338 g/mol. The second-order valence-electron chi connectivity index (χ2n) is 4.38. The first-order chi connectivity index (χ1) is 8.61. The van der Waals surface area contributed by atoms with Crippen LogP contribution >= 0.6 is 15.9 Å². The smallest absolute Gasteiger partial charge is 0.398 e. The Labute approximate surface area is 117 Å². The number of nitrogen functional groups attached to an aromatic ring is 1. The number of anilines is 1. The van der Waals surface area contributed by atoms with E-state index in [4.69, 9.17) is 5.73 Å². The van der Waals surface area contributed by atoms with Gasteiger partial charge in [0.2, 0.25) is 0 Å². The van der Waals surface area contributed by atoms with Crippen LogP contribution in [0.25, 0.3) is 0 Å². The van der Waals surface area contributed by atoms with E-state index in [9.17, 15) is 18.0 Å². The molecule has 7 heteroatoms. The van der Waals surface area contributed by atoms with Gasteiger partial charge in [0.05, 0.1) is 0 Å². The quantitative estimate of drug-likeness (QED) is 0.858. The van der Waals surface area contributed by atoms with Gasteiger partial charge in [-0.05, 0) is 48.0 Å². The second-order valence-corrected chi connectivity index (χ2v) is 5.23. The fourth-order valence-electron chi connectivity index (χ4n) is 1.51. The fourth-order valence-corrected chi connectivity index (χ4v) is 1.89. The molecule has 0 aromatic heterocycles. The summed E-state index contributed by atoms with van der Waals surface area (Å²) in [6.45, 7) is 1.80. The minimum atomic E-state index is -4.43. The van der Waals surface area contributed by atoms with Crippen molar-refractivity contribution in [2.75, 3.05) is 12.3 Å². The van der Waals surface area contributed by atoms with Crippen molar-refractivity contribution in [1.82, 2.24) is 4.90 Å². The Balaban J connectivity index is 3.02. The van der Waals surface area contributed by atoms with E-state index in [-0.39, 0.29) is 5.56 Å². The summed E-state index contributed by atoms with van der Waals surface area (Å²) in [5, 5.41) is 0. The molecule has 0 saturated heterocycles. The van der Waals surface area contributed by atoms with Gasteiger partial charge in [0.15, 0.2) is 0 Å². The number of carbonyl (C=O) groups is 1. The van der Waals surface area contributed by atoms with Crippen molar-refractivity contribution in [2.24, 2.45) is 0 Å². The van der Waals surface area contributed by atoms with Gasteiger partial charge >= 0.3 is 6.18 Å². The van der Waals surface area contributed by atoms with E-state index in [1.807, 2.05) is 0 Å². The molecule has 19 heavy (non-hydrogen) atoms. The van der Waals surface area contributed by atoms with Crippen molar-refractivity contribution < 1.29 is 18.0 Å². The number of benzene rings is 1. The summed E-state index contributed by atoms with van der Waals surface area (Å²) in [6.07, 6.45) is -4.43. The fraction of sp³-hybridized carbons (Fsp3) is 0.417. The number of rotatable bonds is 3. The molecule has 2 N–H and O–H groups in total. The third-order valence-electron chi connectivity index (χ3n) is 2.48. The summed E-state index contributed by atoms with van der Waals surface area (Å²) >= 11 is 3.14. The molecule has 1 aromatic carbocycles. The first-order valence-electron chi connectivity index (χ1n) is 5.54. The first-order valence-corrected chi connectivity index (χ1v) is 6.34. The average Bonchev–Trinajstić information content (AvgIpc) is 2.27. The normalized spacial score (nSPS) is 11.7. The molecular formula is C12H14BrF3N2O. The van der Waals surface area contributed by atoms with Gasteiger partial charge in [0.25, 0.3) is 5.91 Å².